The fourth-order valence-corrected chi connectivity index (χ4v) is 2.48. The van der Waals surface area contributed by atoms with Crippen LogP contribution in [0.25, 0.3) is 0 Å². The molecular weight excluding hydrogens is 321 g/mol. The fraction of sp³-hybridized carbons (Fsp3) is 0.533. The topological polar surface area (TPSA) is 105 Å². The van der Waals surface area contributed by atoms with E-state index in [4.69, 9.17) is 14.5 Å². The third kappa shape index (κ3) is 7.24. The maximum Gasteiger partial charge on any atom is 0.469 e. The van der Waals surface area contributed by atoms with Crippen molar-refractivity contribution in [3.63, 3.8) is 0 Å². The summed E-state index contributed by atoms with van der Waals surface area (Å²) >= 11 is 0. The molecule has 1 aromatic carbocycles. The smallest absolute Gasteiger partial charge is 0.469 e. The van der Waals surface area contributed by atoms with Crippen LogP contribution in [-0.4, -0.2) is 42.6 Å². The molecule has 2 rings (SSSR count). The monoisotopic (exact) mass is 345 g/mol. The van der Waals surface area contributed by atoms with Gasteiger partial charge < -0.3 is 19.8 Å². The molecule has 23 heavy (non-hydrogen) atoms. The lowest BCUT2D eigenvalue weighted by Gasteiger charge is -2.29. The molecule has 8 heteroatoms. The van der Waals surface area contributed by atoms with Crippen LogP contribution in [0.4, 0.5) is 0 Å². The van der Waals surface area contributed by atoms with Gasteiger partial charge in [0.05, 0.1) is 13.0 Å². The first-order chi connectivity index (χ1) is 10.9. The maximum absolute atomic E-state index is 11.9. The van der Waals surface area contributed by atoms with Crippen molar-refractivity contribution < 1.29 is 28.4 Å². The zero-order valence-corrected chi connectivity index (χ0v) is 14.2. The van der Waals surface area contributed by atoms with E-state index in [1.807, 2.05) is 30.3 Å². The number of phosphoric acid groups is 1. The average molecular weight is 345 g/mol. The first-order valence-corrected chi connectivity index (χ1v) is 8.89. The summed E-state index contributed by atoms with van der Waals surface area (Å²) in [5.74, 6) is -0.322. The Balaban J connectivity index is 0.000000379. The molecule has 0 spiro atoms. The Morgan fingerprint density at radius 2 is 1.87 bits per heavy atom. The van der Waals surface area contributed by atoms with E-state index in [0.29, 0.717) is 0 Å². The van der Waals surface area contributed by atoms with Gasteiger partial charge >= 0.3 is 13.8 Å². The molecule has 0 aliphatic carbocycles. The van der Waals surface area contributed by atoms with Crippen LogP contribution in [0.2, 0.25) is 0 Å². The van der Waals surface area contributed by atoms with Crippen LogP contribution < -0.4 is 5.32 Å². The van der Waals surface area contributed by atoms with E-state index in [1.165, 1.54) is 20.0 Å². The molecule has 0 aromatic heterocycles. The lowest BCUT2D eigenvalue weighted by atomic mass is 9.86. The number of nitrogens with one attached hydrogen (secondary N) is 1. The van der Waals surface area contributed by atoms with Gasteiger partial charge in [0.2, 0.25) is 0 Å². The Morgan fingerprint density at radius 3 is 2.30 bits per heavy atom. The summed E-state index contributed by atoms with van der Waals surface area (Å²) in [6.45, 7) is 0.991. The summed E-state index contributed by atoms with van der Waals surface area (Å²) in [6, 6.07) is 10.1. The van der Waals surface area contributed by atoms with Crippen molar-refractivity contribution in [3.8, 4) is 0 Å². The van der Waals surface area contributed by atoms with Gasteiger partial charge in [-0.05, 0) is 24.9 Å². The van der Waals surface area contributed by atoms with Crippen molar-refractivity contribution >= 4 is 13.8 Å². The fourth-order valence-electron chi connectivity index (χ4n) is 2.48. The lowest BCUT2D eigenvalue weighted by Crippen LogP contribution is -2.42. The molecule has 0 saturated carbocycles. The summed E-state index contributed by atoms with van der Waals surface area (Å²) in [7, 11) is -1.74. The minimum Gasteiger partial charge on any atom is -0.469 e. The second kappa shape index (κ2) is 9.80. The van der Waals surface area contributed by atoms with E-state index in [2.05, 4.69) is 9.84 Å². The molecule has 1 heterocycles. The van der Waals surface area contributed by atoms with Gasteiger partial charge in [-0.25, -0.2) is 4.57 Å². The average Bonchev–Trinajstić information content (AvgIpc) is 2.57. The van der Waals surface area contributed by atoms with Crippen LogP contribution in [0.5, 0.6) is 0 Å². The molecule has 0 amide bonds. The van der Waals surface area contributed by atoms with Gasteiger partial charge in [0, 0.05) is 13.2 Å². The molecule has 3 N–H and O–H groups in total. The van der Waals surface area contributed by atoms with Crippen molar-refractivity contribution in [2.24, 2.45) is 0 Å². The highest BCUT2D eigenvalue weighted by atomic mass is 31.2. The van der Waals surface area contributed by atoms with Gasteiger partial charge in [-0.1, -0.05) is 36.8 Å². The predicted octanol–water partition coefficient (Wildman–Crippen LogP) is 1.81. The molecular formula is C15H24NO6P. The number of carbonyl (C=O) groups excluding carboxylic acids is 1. The normalized spacial score (nSPS) is 19.2. The minimum absolute atomic E-state index is 0.143. The minimum atomic E-state index is -4.15. The summed E-state index contributed by atoms with van der Waals surface area (Å²) in [4.78, 5) is 27.4. The van der Waals surface area contributed by atoms with Crippen molar-refractivity contribution in [1.82, 2.24) is 5.32 Å². The predicted molar refractivity (Wildman–Crippen MR) is 85.9 cm³/mol. The van der Waals surface area contributed by atoms with E-state index in [-0.39, 0.29) is 17.9 Å². The molecule has 1 aliphatic heterocycles. The quantitative estimate of drug-likeness (QED) is 0.564. The summed E-state index contributed by atoms with van der Waals surface area (Å²) in [5, 5.41) is 3.43. The molecule has 1 fully saturated rings. The van der Waals surface area contributed by atoms with Gasteiger partial charge in [-0.15, -0.1) is 0 Å². The van der Waals surface area contributed by atoms with Gasteiger partial charge in [-0.3, -0.25) is 9.32 Å². The third-order valence-corrected chi connectivity index (χ3v) is 4.08. The van der Waals surface area contributed by atoms with Gasteiger partial charge in [0.15, 0.2) is 0 Å². The number of hydrogen-bond donors (Lipinski definition) is 3. The highest BCUT2D eigenvalue weighted by Crippen LogP contribution is 2.33. The van der Waals surface area contributed by atoms with Crippen LogP contribution in [0.15, 0.2) is 30.3 Å². The van der Waals surface area contributed by atoms with Crippen LogP contribution in [0, 0.1) is 0 Å². The number of carbonyl (C=O) groups is 1. The largest absolute Gasteiger partial charge is 0.469 e. The van der Waals surface area contributed by atoms with E-state index < -0.39 is 7.82 Å². The highest BCUT2D eigenvalue weighted by molar-refractivity contribution is 7.46. The number of piperidine rings is 1. The van der Waals surface area contributed by atoms with Crippen LogP contribution in [0.1, 0.15) is 30.7 Å². The van der Waals surface area contributed by atoms with Crippen molar-refractivity contribution in [2.75, 3.05) is 20.8 Å². The molecule has 1 aromatic rings. The number of hydrogen-bond acceptors (Lipinski definition) is 5. The van der Waals surface area contributed by atoms with Gasteiger partial charge in [-0.2, -0.15) is 0 Å². The van der Waals surface area contributed by atoms with Crippen LogP contribution >= 0.6 is 7.82 Å². The van der Waals surface area contributed by atoms with Gasteiger partial charge in [0.25, 0.3) is 0 Å². The van der Waals surface area contributed by atoms with Gasteiger partial charge in [0.1, 0.15) is 0 Å². The Bertz CT molecular complexity index is 512. The first kappa shape index (κ1) is 19.8. The van der Waals surface area contributed by atoms with E-state index in [9.17, 15) is 9.36 Å². The zero-order chi connectivity index (χ0) is 17.3. The number of benzene rings is 1. The highest BCUT2D eigenvalue weighted by Gasteiger charge is 2.31. The number of ether oxygens (including phenoxy) is 1. The first-order valence-electron chi connectivity index (χ1n) is 7.36. The number of methoxy groups -OCH3 is 1. The molecule has 2 atom stereocenters. The second-order valence-corrected chi connectivity index (χ2v) is 6.49. The van der Waals surface area contributed by atoms with Crippen molar-refractivity contribution in [3.05, 3.63) is 35.9 Å². The summed E-state index contributed by atoms with van der Waals surface area (Å²) < 4.78 is 18.0. The SMILES string of the molecule is COC(=O)C(c1ccccc1)C1CCCCN1.COP(=O)(O)O. The number of esters is 1. The summed E-state index contributed by atoms with van der Waals surface area (Å²) in [6.07, 6.45) is 3.41. The Morgan fingerprint density at radius 1 is 1.26 bits per heavy atom. The molecule has 1 aliphatic rings. The molecule has 2 unspecified atom stereocenters. The van der Waals surface area contributed by atoms with E-state index >= 15 is 0 Å². The molecule has 130 valence electrons. The maximum atomic E-state index is 11.9. The number of phosphoric ester groups is 1. The molecule has 1 saturated heterocycles. The van der Waals surface area contributed by atoms with Crippen molar-refractivity contribution in [2.45, 2.75) is 31.2 Å². The lowest BCUT2D eigenvalue weighted by molar-refractivity contribution is -0.143. The molecule has 0 bridgehead atoms. The summed E-state index contributed by atoms with van der Waals surface area (Å²) in [5.41, 5.74) is 1.04. The van der Waals surface area contributed by atoms with Crippen LogP contribution in [0.3, 0.4) is 0 Å². The Hall–Kier alpha value is -1.24. The Kier molecular flexibility index (Phi) is 8.44. The zero-order valence-electron chi connectivity index (χ0n) is 13.3. The standard InChI is InChI=1S/C14H19NO2.CH5O4P/c1-17-14(16)13(11-7-3-2-4-8-11)12-9-5-6-10-15-12;1-5-6(2,3)4/h2-4,7-8,12-13,15H,5-6,9-10H2,1H3;1H3,(H2,2,3,4). The molecule has 0 radical (unpaired) electrons. The van der Waals surface area contributed by atoms with E-state index in [1.54, 1.807) is 0 Å². The second-order valence-electron chi connectivity index (χ2n) is 5.14. The third-order valence-electron chi connectivity index (χ3n) is 3.60. The molecule has 7 nitrogen and oxygen atoms in total. The van der Waals surface area contributed by atoms with Crippen LogP contribution in [-0.2, 0) is 18.6 Å². The number of rotatable bonds is 4. The van der Waals surface area contributed by atoms with E-state index in [0.717, 1.165) is 25.6 Å². The Labute approximate surface area is 136 Å². The van der Waals surface area contributed by atoms with Crippen molar-refractivity contribution in [1.29, 1.82) is 0 Å².